The summed E-state index contributed by atoms with van der Waals surface area (Å²) in [6.45, 7) is 1.85. The van der Waals surface area contributed by atoms with E-state index >= 15 is 0 Å². The summed E-state index contributed by atoms with van der Waals surface area (Å²) >= 11 is 1.55. The Kier molecular flexibility index (Phi) is 7.22. The lowest BCUT2D eigenvalue weighted by atomic mass is 10.1. The Hall–Kier alpha value is -2.60. The average Bonchev–Trinajstić information content (AvgIpc) is 2.66. The third-order valence-electron chi connectivity index (χ3n) is 3.43. The molecule has 0 saturated heterocycles. The average molecular weight is 356 g/mol. The summed E-state index contributed by atoms with van der Waals surface area (Å²) in [6.07, 6.45) is 1.54. The number of hydrogen-bond acceptors (Lipinski definition) is 5. The summed E-state index contributed by atoms with van der Waals surface area (Å²) in [5, 5.41) is 3.75. The Labute approximate surface area is 151 Å². The van der Waals surface area contributed by atoms with Crippen LogP contribution in [-0.4, -0.2) is 30.5 Å². The van der Waals surface area contributed by atoms with Gasteiger partial charge in [0.1, 0.15) is 0 Å². The molecule has 2 aromatic rings. The molecule has 0 fully saturated rings. The summed E-state index contributed by atoms with van der Waals surface area (Å²) < 4.78 is 4.64. The van der Waals surface area contributed by atoms with Crippen LogP contribution < -0.4 is 5.43 Å². The van der Waals surface area contributed by atoms with E-state index in [-0.39, 0.29) is 17.1 Å². The van der Waals surface area contributed by atoms with E-state index in [9.17, 15) is 9.59 Å². The van der Waals surface area contributed by atoms with Gasteiger partial charge in [0.15, 0.2) is 0 Å². The molecule has 0 unspecified atom stereocenters. The maximum Gasteiger partial charge on any atom is 0.337 e. The van der Waals surface area contributed by atoms with Crippen molar-refractivity contribution in [1.82, 2.24) is 5.43 Å². The van der Waals surface area contributed by atoms with Crippen LogP contribution in [0.4, 0.5) is 0 Å². The highest BCUT2D eigenvalue weighted by Gasteiger charge is 2.12. The number of esters is 1. The first-order valence-corrected chi connectivity index (χ1v) is 8.82. The summed E-state index contributed by atoms with van der Waals surface area (Å²) in [7, 11) is 1.34. The SMILES string of the molecule is COC(=O)c1ccc(/C=N\NC(=O)[C@H](C)SCc2ccccc2)cc1. The minimum absolute atomic E-state index is 0.150. The zero-order chi connectivity index (χ0) is 18.1. The van der Waals surface area contributed by atoms with E-state index in [0.717, 1.165) is 11.3 Å². The molecule has 6 heteroatoms. The third-order valence-corrected chi connectivity index (χ3v) is 4.65. The van der Waals surface area contributed by atoms with Crippen LogP contribution in [0.5, 0.6) is 0 Å². The Balaban J connectivity index is 1.80. The van der Waals surface area contributed by atoms with Crippen LogP contribution in [0, 0.1) is 0 Å². The zero-order valence-electron chi connectivity index (χ0n) is 14.1. The summed E-state index contributed by atoms with van der Waals surface area (Å²) in [6, 6.07) is 16.8. The molecule has 1 N–H and O–H groups in total. The number of nitrogens with zero attached hydrogens (tertiary/aromatic N) is 1. The quantitative estimate of drug-likeness (QED) is 0.470. The number of hydrazone groups is 1. The highest BCUT2D eigenvalue weighted by atomic mass is 32.2. The molecule has 2 aromatic carbocycles. The van der Waals surface area contributed by atoms with Crippen molar-refractivity contribution in [3.05, 3.63) is 71.3 Å². The van der Waals surface area contributed by atoms with Gasteiger partial charge < -0.3 is 4.74 Å². The van der Waals surface area contributed by atoms with Crippen molar-refractivity contribution in [3.8, 4) is 0 Å². The van der Waals surface area contributed by atoms with Crippen LogP contribution in [0.15, 0.2) is 59.7 Å². The van der Waals surface area contributed by atoms with Crippen molar-refractivity contribution >= 4 is 29.9 Å². The van der Waals surface area contributed by atoms with Crippen LogP contribution in [0.2, 0.25) is 0 Å². The number of carbonyl (C=O) groups is 2. The first-order valence-electron chi connectivity index (χ1n) is 7.77. The number of hydrogen-bond donors (Lipinski definition) is 1. The van der Waals surface area contributed by atoms with Gasteiger partial charge in [-0.25, -0.2) is 10.2 Å². The second-order valence-electron chi connectivity index (χ2n) is 5.29. The standard InChI is InChI=1S/C19H20N2O3S/c1-14(25-13-16-6-4-3-5-7-16)18(22)21-20-12-15-8-10-17(11-9-15)19(23)24-2/h3-12,14H,13H2,1-2H3,(H,21,22)/b20-12-/t14-/m0/s1. The lowest BCUT2D eigenvalue weighted by molar-refractivity contribution is -0.120. The molecule has 0 radical (unpaired) electrons. The number of amides is 1. The Morgan fingerprint density at radius 1 is 1.16 bits per heavy atom. The van der Waals surface area contributed by atoms with Crippen molar-refractivity contribution in [1.29, 1.82) is 0 Å². The molecule has 0 spiro atoms. The monoisotopic (exact) mass is 356 g/mol. The van der Waals surface area contributed by atoms with E-state index < -0.39 is 0 Å². The second kappa shape index (κ2) is 9.64. The molecule has 0 aliphatic carbocycles. The predicted molar refractivity (Wildman–Crippen MR) is 101 cm³/mol. The molecule has 0 saturated carbocycles. The van der Waals surface area contributed by atoms with E-state index in [2.05, 4.69) is 15.3 Å². The molecule has 0 aliphatic heterocycles. The topological polar surface area (TPSA) is 67.8 Å². The van der Waals surface area contributed by atoms with Gasteiger partial charge in [0, 0.05) is 5.75 Å². The van der Waals surface area contributed by atoms with Crippen LogP contribution >= 0.6 is 11.8 Å². The van der Waals surface area contributed by atoms with Gasteiger partial charge in [-0.05, 0) is 30.2 Å². The highest BCUT2D eigenvalue weighted by Crippen LogP contribution is 2.17. The fraction of sp³-hybridized carbons (Fsp3) is 0.211. The van der Waals surface area contributed by atoms with E-state index in [4.69, 9.17) is 0 Å². The van der Waals surface area contributed by atoms with E-state index in [1.54, 1.807) is 36.0 Å². The van der Waals surface area contributed by atoms with Crippen molar-refractivity contribution < 1.29 is 14.3 Å². The van der Waals surface area contributed by atoms with Gasteiger partial charge in [0.25, 0.3) is 5.91 Å². The molecular weight excluding hydrogens is 336 g/mol. The molecule has 0 bridgehead atoms. The number of benzene rings is 2. The molecule has 0 aromatic heterocycles. The van der Waals surface area contributed by atoms with Crippen LogP contribution in [0.1, 0.15) is 28.4 Å². The molecule has 0 aliphatic rings. The molecular formula is C19H20N2O3S. The molecule has 130 valence electrons. The lowest BCUT2D eigenvalue weighted by Crippen LogP contribution is -2.27. The van der Waals surface area contributed by atoms with Crippen molar-refractivity contribution in [2.45, 2.75) is 17.9 Å². The van der Waals surface area contributed by atoms with Crippen LogP contribution in [0.3, 0.4) is 0 Å². The van der Waals surface area contributed by atoms with Crippen molar-refractivity contribution in [3.63, 3.8) is 0 Å². The predicted octanol–water partition coefficient (Wildman–Crippen LogP) is 3.25. The largest absolute Gasteiger partial charge is 0.465 e. The smallest absolute Gasteiger partial charge is 0.337 e. The Morgan fingerprint density at radius 3 is 2.48 bits per heavy atom. The number of methoxy groups -OCH3 is 1. The lowest BCUT2D eigenvalue weighted by Gasteiger charge is -2.09. The van der Waals surface area contributed by atoms with Crippen LogP contribution in [0.25, 0.3) is 0 Å². The normalized spacial score (nSPS) is 11.9. The first kappa shape index (κ1) is 18.7. The molecule has 2 rings (SSSR count). The molecule has 1 atom stereocenters. The molecule has 25 heavy (non-hydrogen) atoms. The maximum atomic E-state index is 12.0. The Morgan fingerprint density at radius 2 is 1.84 bits per heavy atom. The zero-order valence-corrected chi connectivity index (χ0v) is 15.0. The van der Waals surface area contributed by atoms with Gasteiger partial charge in [-0.2, -0.15) is 5.10 Å². The molecule has 5 nitrogen and oxygen atoms in total. The molecule has 0 heterocycles. The number of nitrogens with one attached hydrogen (secondary N) is 1. The first-order chi connectivity index (χ1) is 12.1. The van der Waals surface area contributed by atoms with Gasteiger partial charge in [0.05, 0.1) is 24.1 Å². The van der Waals surface area contributed by atoms with Gasteiger partial charge in [-0.3, -0.25) is 4.79 Å². The van der Waals surface area contributed by atoms with Crippen molar-refractivity contribution in [2.24, 2.45) is 5.10 Å². The Bertz CT molecular complexity index is 730. The second-order valence-corrected chi connectivity index (χ2v) is 6.62. The summed E-state index contributed by atoms with van der Waals surface area (Å²) in [4.78, 5) is 23.4. The number of rotatable bonds is 7. The summed E-state index contributed by atoms with van der Waals surface area (Å²) in [5.74, 6) is 0.234. The van der Waals surface area contributed by atoms with Gasteiger partial charge in [0.2, 0.25) is 0 Å². The van der Waals surface area contributed by atoms with E-state index in [0.29, 0.717) is 5.56 Å². The van der Waals surface area contributed by atoms with E-state index in [1.165, 1.54) is 18.9 Å². The van der Waals surface area contributed by atoms with Crippen molar-refractivity contribution in [2.75, 3.05) is 7.11 Å². The minimum atomic E-state index is -0.388. The summed E-state index contributed by atoms with van der Waals surface area (Å²) in [5.41, 5.74) is 4.96. The van der Waals surface area contributed by atoms with Gasteiger partial charge in [-0.15, -0.1) is 11.8 Å². The fourth-order valence-corrected chi connectivity index (χ4v) is 2.79. The minimum Gasteiger partial charge on any atom is -0.465 e. The maximum absolute atomic E-state index is 12.0. The van der Waals surface area contributed by atoms with Gasteiger partial charge >= 0.3 is 5.97 Å². The van der Waals surface area contributed by atoms with E-state index in [1.807, 2.05) is 37.3 Å². The third kappa shape index (κ3) is 6.08. The molecule has 1 amide bonds. The fourth-order valence-electron chi connectivity index (χ4n) is 1.96. The number of thioether (sulfide) groups is 1. The number of ether oxygens (including phenoxy) is 1. The number of carbonyl (C=O) groups excluding carboxylic acids is 2. The van der Waals surface area contributed by atoms with Gasteiger partial charge in [-0.1, -0.05) is 42.5 Å². The highest BCUT2D eigenvalue weighted by molar-refractivity contribution is 7.99. The van der Waals surface area contributed by atoms with Crippen LogP contribution in [-0.2, 0) is 15.3 Å².